The molecular formula is C75H96Br2F3N7O19. The summed E-state index contributed by atoms with van der Waals surface area (Å²) >= 11 is 6.62. The number of methoxy groups -OCH3 is 5. The molecule has 4 atom stereocenters. The highest BCUT2D eigenvalue weighted by Crippen LogP contribution is 2.36. The van der Waals surface area contributed by atoms with Crippen LogP contribution in [0.25, 0.3) is 16.7 Å². The molecule has 0 aliphatic carbocycles. The van der Waals surface area contributed by atoms with Gasteiger partial charge in [-0.15, -0.1) is 0 Å². The number of imidazole rings is 1. The molecule has 0 spiro atoms. The lowest BCUT2D eigenvalue weighted by molar-refractivity contribution is -0.131. The Balaban J connectivity index is 0.000000346. The number of alkyl halides is 2. The Morgan fingerprint density at radius 2 is 0.906 bits per heavy atom. The van der Waals surface area contributed by atoms with E-state index in [0.29, 0.717) is 45.0 Å². The number of nitrogens with one attached hydrogen (secondary N) is 2. The van der Waals surface area contributed by atoms with Crippen LogP contribution in [0, 0.1) is 5.82 Å². The van der Waals surface area contributed by atoms with Gasteiger partial charge in [0.1, 0.15) is 17.2 Å². The molecule has 26 nitrogen and oxygen atoms in total. The third-order valence-electron chi connectivity index (χ3n) is 16.9. The highest BCUT2D eigenvalue weighted by atomic mass is 79.9. The number of ether oxygens (including phenoxy) is 6. The van der Waals surface area contributed by atoms with Gasteiger partial charge in [0.15, 0.2) is 5.78 Å². The van der Waals surface area contributed by atoms with Crippen molar-refractivity contribution in [1.82, 2.24) is 9.13 Å². The Labute approximate surface area is 630 Å². The van der Waals surface area contributed by atoms with Crippen molar-refractivity contribution in [3.63, 3.8) is 0 Å². The summed E-state index contributed by atoms with van der Waals surface area (Å²) in [6.45, 7) is 21.4. The molecule has 0 saturated carbocycles. The van der Waals surface area contributed by atoms with Gasteiger partial charge in [-0.25, -0.2) is 33.2 Å². The molecule has 6 aromatic carbocycles. The third-order valence-corrected chi connectivity index (χ3v) is 18.3. The van der Waals surface area contributed by atoms with Gasteiger partial charge in [0.25, 0.3) is 0 Å². The zero-order valence-electron chi connectivity index (χ0n) is 62.8. The first-order valence-electron chi connectivity index (χ1n) is 32.6. The zero-order chi connectivity index (χ0) is 81.2. The Bertz CT molecular complexity index is 4240. The van der Waals surface area contributed by atoms with E-state index in [1.807, 2.05) is 13.8 Å². The number of halogens is 5. The number of nitrogens with two attached hydrogens (primary N) is 2. The molecule has 0 bridgehead atoms. The molecule has 31 heteroatoms. The number of anilines is 5. The van der Waals surface area contributed by atoms with E-state index in [1.54, 1.807) is 133 Å². The van der Waals surface area contributed by atoms with E-state index in [0.717, 1.165) is 43.0 Å². The normalized spacial score (nSPS) is 13.0. The van der Waals surface area contributed by atoms with Crippen molar-refractivity contribution in [3.05, 3.63) is 168 Å². The van der Waals surface area contributed by atoms with Gasteiger partial charge in [-0.05, 0) is 238 Å². The molecule has 1 aromatic heterocycles. The van der Waals surface area contributed by atoms with Gasteiger partial charge in [0.2, 0.25) is 5.91 Å². The minimum absolute atomic E-state index is 0.0726. The highest BCUT2D eigenvalue weighted by molar-refractivity contribution is 9.11. The standard InChI is InChI=1S/C21H21F3N2O5.C15H19NO4.C13H18BrNO3.C13H20N2O3.C8H8BrNO2.C5H10O2/c1-11(21(2,3)29)25-17-9-12(18(27)30-4)5-8-15(17)26(20(25)28)16-10-13(31-19(23)24)6-7-14(16)22;1-9(15(2,3)19)16-12-7-11(14(18)20-4)6-5-10(12)8-13(16)17;2*1-8(13(2,3)17)15-11-7-9(12(16)18-4)5-6-10(11)14;1-12-8(11)5-2-3-6(9)7(10)4-5;1-4(6)5(2,3)7/h5-11,19,29H,1-4H3;5-7,9,19H,8H2,1-4H3;5-8,15,17H,1-4H3;5-8,15,17H,14H2,1-4H3;2-4H,10H2,1H3;7H,1-3H3. The lowest BCUT2D eigenvalue weighted by Gasteiger charge is -2.34. The van der Waals surface area contributed by atoms with Crippen molar-refractivity contribution >= 4 is 113 Å². The van der Waals surface area contributed by atoms with Crippen LogP contribution in [-0.4, -0.2) is 164 Å². The van der Waals surface area contributed by atoms with Crippen LogP contribution in [0.5, 0.6) is 5.75 Å². The van der Waals surface area contributed by atoms with Crippen LogP contribution in [-0.2, 0) is 39.7 Å². The topological polar surface area (TPSA) is 382 Å². The molecular weight excluding hydrogens is 1520 g/mol. The average molecular weight is 1620 g/mol. The minimum Gasteiger partial charge on any atom is -0.465 e. The number of carbonyl (C=O) groups excluding carboxylic acids is 7. The predicted octanol–water partition coefficient (Wildman–Crippen LogP) is 11.8. The Morgan fingerprint density at radius 3 is 1.34 bits per heavy atom. The van der Waals surface area contributed by atoms with Crippen LogP contribution in [0.15, 0.2) is 123 Å². The number of carbonyl (C=O) groups is 7. The number of Topliss-reactive ketones (excluding diaryl/α,β-unsaturated/α-hetero) is 1. The molecule has 106 heavy (non-hydrogen) atoms. The van der Waals surface area contributed by atoms with E-state index in [4.69, 9.17) is 26.0 Å². The summed E-state index contributed by atoms with van der Waals surface area (Å²) in [7, 11) is 6.52. The number of aromatic nitrogens is 2. The number of esters is 5. The number of aliphatic hydroxyl groups is 5. The van der Waals surface area contributed by atoms with Gasteiger partial charge in [0.05, 0.1) is 144 Å². The molecule has 1 aliphatic rings. The first kappa shape index (κ1) is 90.8. The highest BCUT2D eigenvalue weighted by Gasteiger charge is 2.38. The van der Waals surface area contributed by atoms with Crippen LogP contribution in [0.3, 0.4) is 0 Å². The maximum atomic E-state index is 14.7. The molecule has 11 N–H and O–H groups in total. The van der Waals surface area contributed by atoms with Gasteiger partial charge in [-0.2, -0.15) is 8.78 Å². The lowest BCUT2D eigenvalue weighted by Crippen LogP contribution is -2.49. The van der Waals surface area contributed by atoms with Crippen LogP contribution in [0.1, 0.15) is 167 Å². The van der Waals surface area contributed by atoms with E-state index < -0.39 is 70.1 Å². The second-order valence-electron chi connectivity index (χ2n) is 27.0. The second-order valence-corrected chi connectivity index (χ2v) is 28.7. The molecule has 580 valence electrons. The van der Waals surface area contributed by atoms with Gasteiger partial charge < -0.3 is 81.0 Å². The molecule has 0 saturated heterocycles. The number of hydrogen-bond donors (Lipinski definition) is 9. The molecule has 1 amide bonds. The van der Waals surface area contributed by atoms with Gasteiger partial charge in [0, 0.05) is 32.1 Å². The fourth-order valence-electron chi connectivity index (χ4n) is 8.95. The predicted molar refractivity (Wildman–Crippen MR) is 405 cm³/mol. The van der Waals surface area contributed by atoms with E-state index in [9.17, 15) is 72.0 Å². The molecule has 1 aliphatic heterocycles. The first-order chi connectivity index (χ1) is 48.8. The Morgan fingerprint density at radius 1 is 0.500 bits per heavy atom. The summed E-state index contributed by atoms with van der Waals surface area (Å²) in [5, 5.41) is 55.4. The van der Waals surface area contributed by atoms with Crippen molar-refractivity contribution in [2.45, 2.75) is 169 Å². The van der Waals surface area contributed by atoms with Crippen molar-refractivity contribution in [2.24, 2.45) is 0 Å². The quantitative estimate of drug-likeness (QED) is 0.0206. The zero-order valence-corrected chi connectivity index (χ0v) is 66.0. The number of amides is 1. The van der Waals surface area contributed by atoms with E-state index in [2.05, 4.69) is 61.4 Å². The molecule has 7 aromatic rings. The number of fused-ring (bicyclic) bond motifs is 2. The molecule has 2 heterocycles. The van der Waals surface area contributed by atoms with Gasteiger partial charge >= 0.3 is 42.1 Å². The second kappa shape index (κ2) is 38.2. The SMILES string of the molecule is CC(=O)C(C)(C)O.COC(=O)c1ccc(Br)c(N)c1.COC(=O)c1ccc(Br)c(NC(C)C(C)(C)O)c1.COC(=O)c1ccc(N)c(NC(C)C(C)(C)O)c1.COC(=O)c1ccc2c(c1)N(C(C)C(C)(C)O)C(=O)C2.COC(=O)c1ccc2c(c1)n(C(C)C(C)(C)O)c(=O)n2-c1cc(OC(F)F)ccc1F. The summed E-state index contributed by atoms with van der Waals surface area (Å²) in [6.07, 6.45) is 0.289. The molecule has 0 fully saturated rings. The number of rotatable bonds is 19. The van der Waals surface area contributed by atoms with Gasteiger partial charge in [-0.3, -0.25) is 18.7 Å². The van der Waals surface area contributed by atoms with E-state index >= 15 is 0 Å². The lowest BCUT2D eigenvalue weighted by atomic mass is 9.99. The van der Waals surface area contributed by atoms with Crippen molar-refractivity contribution in [3.8, 4) is 11.4 Å². The number of nitrogen functional groups attached to an aromatic ring is 2. The molecule has 8 rings (SSSR count). The smallest absolute Gasteiger partial charge is 0.387 e. The summed E-state index contributed by atoms with van der Waals surface area (Å²) in [4.78, 5) is 94.7. The van der Waals surface area contributed by atoms with E-state index in [-0.39, 0.29) is 76.2 Å². The van der Waals surface area contributed by atoms with Crippen LogP contribution < -0.4 is 37.4 Å². The minimum atomic E-state index is -3.13. The number of benzene rings is 6. The van der Waals surface area contributed by atoms with Crippen LogP contribution in [0.4, 0.5) is 41.6 Å². The number of hydrogen-bond acceptors (Lipinski definition) is 23. The first-order valence-corrected chi connectivity index (χ1v) is 34.2. The van der Waals surface area contributed by atoms with Crippen molar-refractivity contribution in [2.75, 3.05) is 62.5 Å². The number of nitrogens with zero attached hydrogens (tertiary/aromatic N) is 3. The summed E-state index contributed by atoms with van der Waals surface area (Å²) in [5.74, 6) is -3.74. The van der Waals surface area contributed by atoms with E-state index in [1.165, 1.54) is 92.9 Å². The maximum absolute atomic E-state index is 14.7. The van der Waals surface area contributed by atoms with Crippen molar-refractivity contribution < 1.29 is 101 Å². The summed E-state index contributed by atoms with van der Waals surface area (Å²) in [6, 6.07) is 25.5. The monoisotopic (exact) mass is 1610 g/mol. The summed E-state index contributed by atoms with van der Waals surface area (Å²) in [5.41, 5.74) is 11.3. The maximum Gasteiger partial charge on any atom is 0.387 e. The molecule has 4 unspecified atom stereocenters. The van der Waals surface area contributed by atoms with Crippen molar-refractivity contribution in [1.29, 1.82) is 0 Å². The number of ketones is 1. The third kappa shape index (κ3) is 25.4. The average Bonchev–Trinajstić information content (AvgIpc) is 1.58. The van der Waals surface area contributed by atoms with Gasteiger partial charge in [-0.1, -0.05) is 6.07 Å². The largest absolute Gasteiger partial charge is 0.465 e. The Kier molecular flexibility index (Phi) is 32.8. The fourth-order valence-corrected chi connectivity index (χ4v) is 9.56. The van der Waals surface area contributed by atoms with Crippen LogP contribution in [0.2, 0.25) is 0 Å². The fraction of sp³-hybridized carbons (Fsp3) is 0.413. The van der Waals surface area contributed by atoms with Crippen LogP contribution >= 0.6 is 31.9 Å². The summed E-state index contributed by atoms with van der Waals surface area (Å²) < 4.78 is 71.3. The molecule has 0 radical (unpaired) electrons. The Hall–Kier alpha value is -9.37.